The molecule has 0 radical (unpaired) electrons. The minimum atomic E-state index is -0.305. The van der Waals surface area contributed by atoms with Crippen molar-refractivity contribution in [3.63, 3.8) is 0 Å². The van der Waals surface area contributed by atoms with Crippen molar-refractivity contribution in [2.45, 2.75) is 19.4 Å². The van der Waals surface area contributed by atoms with E-state index in [0.717, 1.165) is 36.3 Å². The first-order chi connectivity index (χ1) is 15.4. The fourth-order valence-corrected chi connectivity index (χ4v) is 3.90. The Kier molecular flexibility index (Phi) is 6.07. The van der Waals surface area contributed by atoms with Crippen molar-refractivity contribution < 1.29 is 14.0 Å². The monoisotopic (exact) mass is 432 g/mol. The Morgan fingerprint density at radius 3 is 2.38 bits per heavy atom. The first-order valence-corrected chi connectivity index (χ1v) is 10.5. The van der Waals surface area contributed by atoms with Gasteiger partial charge in [0, 0.05) is 37.3 Å². The summed E-state index contributed by atoms with van der Waals surface area (Å²) in [5.74, 6) is -0.593. The lowest BCUT2D eigenvalue weighted by Gasteiger charge is -2.19. The number of nitrogens with two attached hydrogens (primary N) is 1. The maximum atomic E-state index is 13.2. The standard InChI is InChI=1S/C25H25FN4O2/c1-16(31)28-21-12-13-30(15-21)22-9-4-18(5-10-22)25(32)29-24-14-19(6-11-23(24)27)17-2-7-20(26)8-3-17/h2-11,14,21H,12-13,15,27H2,1H3,(H,28,31)(H,29,32). The van der Waals surface area contributed by atoms with E-state index in [1.54, 1.807) is 36.4 Å². The highest BCUT2D eigenvalue weighted by Gasteiger charge is 2.23. The van der Waals surface area contributed by atoms with E-state index in [1.165, 1.54) is 19.1 Å². The van der Waals surface area contributed by atoms with Crippen LogP contribution in [-0.4, -0.2) is 30.9 Å². The molecule has 1 saturated heterocycles. The van der Waals surface area contributed by atoms with Gasteiger partial charge >= 0.3 is 0 Å². The molecule has 0 spiro atoms. The largest absolute Gasteiger partial charge is 0.397 e. The fraction of sp³-hybridized carbons (Fsp3) is 0.200. The summed E-state index contributed by atoms with van der Waals surface area (Å²) in [5.41, 5.74) is 10.2. The minimum absolute atomic E-state index is 0.0216. The Hall–Kier alpha value is -3.87. The number of benzene rings is 3. The average Bonchev–Trinajstić information content (AvgIpc) is 3.24. The Morgan fingerprint density at radius 1 is 1.00 bits per heavy atom. The number of carbonyl (C=O) groups is 2. The van der Waals surface area contributed by atoms with Gasteiger partial charge in [-0.3, -0.25) is 9.59 Å². The molecule has 1 aliphatic heterocycles. The molecule has 0 bridgehead atoms. The second-order valence-corrected chi connectivity index (χ2v) is 7.94. The zero-order chi connectivity index (χ0) is 22.7. The SMILES string of the molecule is CC(=O)NC1CCN(c2ccc(C(=O)Nc3cc(-c4ccc(F)cc4)ccc3N)cc2)C1. The third-order valence-corrected chi connectivity index (χ3v) is 5.57. The van der Waals surface area contributed by atoms with Crippen LogP contribution in [-0.2, 0) is 4.79 Å². The van der Waals surface area contributed by atoms with Gasteiger partial charge in [0.2, 0.25) is 5.91 Å². The van der Waals surface area contributed by atoms with Crippen molar-refractivity contribution in [1.29, 1.82) is 0 Å². The van der Waals surface area contributed by atoms with Gasteiger partial charge in [-0.2, -0.15) is 0 Å². The highest BCUT2D eigenvalue weighted by Crippen LogP contribution is 2.28. The second-order valence-electron chi connectivity index (χ2n) is 7.94. The van der Waals surface area contributed by atoms with Gasteiger partial charge in [-0.25, -0.2) is 4.39 Å². The van der Waals surface area contributed by atoms with Gasteiger partial charge in [0.15, 0.2) is 0 Å². The smallest absolute Gasteiger partial charge is 0.255 e. The van der Waals surface area contributed by atoms with E-state index in [0.29, 0.717) is 16.9 Å². The van der Waals surface area contributed by atoms with Crippen LogP contribution in [0.5, 0.6) is 0 Å². The third-order valence-electron chi connectivity index (χ3n) is 5.57. The summed E-state index contributed by atoms with van der Waals surface area (Å²) in [6, 6.07) is 19.0. The lowest BCUT2D eigenvalue weighted by Crippen LogP contribution is -2.35. The molecule has 0 aliphatic carbocycles. The first-order valence-electron chi connectivity index (χ1n) is 10.5. The average molecular weight is 432 g/mol. The molecular weight excluding hydrogens is 407 g/mol. The number of rotatable bonds is 5. The first kappa shape index (κ1) is 21.4. The number of anilines is 3. The number of nitrogens with zero attached hydrogens (tertiary/aromatic N) is 1. The van der Waals surface area contributed by atoms with E-state index < -0.39 is 0 Å². The molecule has 3 aromatic carbocycles. The summed E-state index contributed by atoms with van der Waals surface area (Å²) in [5, 5.41) is 5.81. The normalized spacial score (nSPS) is 15.4. The van der Waals surface area contributed by atoms with Crippen molar-refractivity contribution >= 4 is 28.9 Å². The lowest BCUT2D eigenvalue weighted by atomic mass is 10.0. The second kappa shape index (κ2) is 9.09. The topological polar surface area (TPSA) is 87.5 Å². The molecule has 1 unspecified atom stereocenters. The molecule has 1 atom stereocenters. The Labute approximate surface area is 186 Å². The molecule has 4 N–H and O–H groups in total. The van der Waals surface area contributed by atoms with E-state index in [-0.39, 0.29) is 23.7 Å². The maximum Gasteiger partial charge on any atom is 0.255 e. The van der Waals surface area contributed by atoms with E-state index in [9.17, 15) is 14.0 Å². The molecule has 1 heterocycles. The number of nitrogen functional groups attached to an aromatic ring is 1. The summed E-state index contributed by atoms with van der Waals surface area (Å²) in [7, 11) is 0. The lowest BCUT2D eigenvalue weighted by molar-refractivity contribution is -0.119. The molecule has 32 heavy (non-hydrogen) atoms. The van der Waals surface area contributed by atoms with E-state index in [2.05, 4.69) is 15.5 Å². The summed E-state index contributed by atoms with van der Waals surface area (Å²) < 4.78 is 13.2. The molecule has 3 aromatic rings. The maximum absolute atomic E-state index is 13.2. The summed E-state index contributed by atoms with van der Waals surface area (Å²) in [6.45, 7) is 3.12. The molecule has 0 saturated carbocycles. The van der Waals surface area contributed by atoms with Crippen LogP contribution in [0.15, 0.2) is 66.7 Å². The Bertz CT molecular complexity index is 1130. The number of halogens is 1. The van der Waals surface area contributed by atoms with Gasteiger partial charge in [-0.15, -0.1) is 0 Å². The number of nitrogens with one attached hydrogen (secondary N) is 2. The van der Waals surface area contributed by atoms with Crippen molar-refractivity contribution in [2.24, 2.45) is 0 Å². The quantitative estimate of drug-likeness (QED) is 0.531. The molecule has 2 amide bonds. The molecule has 1 aliphatic rings. The predicted octanol–water partition coefficient (Wildman–Crippen LogP) is 4.04. The van der Waals surface area contributed by atoms with Crippen LogP contribution in [0.3, 0.4) is 0 Å². The van der Waals surface area contributed by atoms with Gasteiger partial charge in [-0.1, -0.05) is 18.2 Å². The number of hydrogen-bond donors (Lipinski definition) is 3. The molecule has 0 aromatic heterocycles. The van der Waals surface area contributed by atoms with Gasteiger partial charge in [0.05, 0.1) is 11.4 Å². The van der Waals surface area contributed by atoms with Crippen LogP contribution in [0.2, 0.25) is 0 Å². The zero-order valence-corrected chi connectivity index (χ0v) is 17.8. The van der Waals surface area contributed by atoms with Gasteiger partial charge in [-0.05, 0) is 66.1 Å². The predicted molar refractivity (Wildman–Crippen MR) is 125 cm³/mol. The van der Waals surface area contributed by atoms with Crippen LogP contribution in [0.4, 0.5) is 21.5 Å². The van der Waals surface area contributed by atoms with Crippen LogP contribution in [0.1, 0.15) is 23.7 Å². The zero-order valence-electron chi connectivity index (χ0n) is 17.8. The number of amides is 2. The molecule has 1 fully saturated rings. The molecular formula is C25H25FN4O2. The summed E-state index contributed by atoms with van der Waals surface area (Å²) in [6.07, 6.45) is 0.894. The van der Waals surface area contributed by atoms with E-state index >= 15 is 0 Å². The van der Waals surface area contributed by atoms with Gasteiger partial charge in [0.1, 0.15) is 5.82 Å². The molecule has 164 valence electrons. The van der Waals surface area contributed by atoms with Crippen molar-refractivity contribution in [2.75, 3.05) is 29.0 Å². The Balaban J connectivity index is 1.44. The van der Waals surface area contributed by atoms with E-state index in [1.807, 2.05) is 18.2 Å². The van der Waals surface area contributed by atoms with Crippen LogP contribution < -0.4 is 21.3 Å². The van der Waals surface area contributed by atoms with Crippen molar-refractivity contribution in [3.8, 4) is 11.1 Å². The summed E-state index contributed by atoms with van der Waals surface area (Å²) >= 11 is 0. The summed E-state index contributed by atoms with van der Waals surface area (Å²) in [4.78, 5) is 26.2. The van der Waals surface area contributed by atoms with Crippen LogP contribution in [0.25, 0.3) is 11.1 Å². The van der Waals surface area contributed by atoms with E-state index in [4.69, 9.17) is 5.73 Å². The van der Waals surface area contributed by atoms with Crippen LogP contribution >= 0.6 is 0 Å². The van der Waals surface area contributed by atoms with Crippen molar-refractivity contribution in [1.82, 2.24) is 5.32 Å². The van der Waals surface area contributed by atoms with Crippen molar-refractivity contribution in [3.05, 3.63) is 78.1 Å². The molecule has 6 nitrogen and oxygen atoms in total. The molecule has 7 heteroatoms. The van der Waals surface area contributed by atoms with Crippen LogP contribution in [0, 0.1) is 5.82 Å². The van der Waals surface area contributed by atoms with Gasteiger partial charge < -0.3 is 21.3 Å². The Morgan fingerprint density at radius 2 is 1.69 bits per heavy atom. The number of hydrogen-bond acceptors (Lipinski definition) is 4. The van der Waals surface area contributed by atoms with Gasteiger partial charge in [0.25, 0.3) is 5.91 Å². The third kappa shape index (κ3) is 4.88. The molecule has 4 rings (SSSR count). The minimum Gasteiger partial charge on any atom is -0.397 e. The highest BCUT2D eigenvalue weighted by atomic mass is 19.1. The fourth-order valence-electron chi connectivity index (χ4n) is 3.90. The highest BCUT2D eigenvalue weighted by molar-refractivity contribution is 6.06. The number of carbonyl (C=O) groups excluding carboxylic acids is 2.